The molecule has 0 atom stereocenters. The fraction of sp³-hybridized carbons (Fsp3) is 0.619. The molecule has 0 aliphatic heterocycles. The summed E-state index contributed by atoms with van der Waals surface area (Å²) in [6.07, 6.45) is 6.81. The first-order valence-electron chi connectivity index (χ1n) is 9.42. The third kappa shape index (κ3) is 4.83. The van der Waals surface area contributed by atoms with E-state index in [0.29, 0.717) is 0 Å². The third-order valence-corrected chi connectivity index (χ3v) is 5.24. The molecule has 2 rings (SSSR count). The topological polar surface area (TPSA) is 58.2 Å². The van der Waals surface area contributed by atoms with Crippen molar-refractivity contribution in [1.82, 2.24) is 5.32 Å². The number of aryl methyl sites for hydroxylation is 3. The predicted molar refractivity (Wildman–Crippen MR) is 103 cm³/mol. The first kappa shape index (κ1) is 19.5. The van der Waals surface area contributed by atoms with E-state index in [2.05, 4.69) is 10.6 Å². The van der Waals surface area contributed by atoms with Gasteiger partial charge in [0, 0.05) is 11.7 Å². The van der Waals surface area contributed by atoms with Gasteiger partial charge in [-0.15, -0.1) is 0 Å². The predicted octanol–water partition coefficient (Wildman–Crippen LogP) is 4.42. The number of amides is 2. The van der Waals surface area contributed by atoms with Crippen LogP contribution in [-0.4, -0.2) is 17.9 Å². The Morgan fingerprint density at radius 2 is 1.44 bits per heavy atom. The van der Waals surface area contributed by atoms with E-state index in [4.69, 9.17) is 0 Å². The molecule has 0 heterocycles. The molecular weight excluding hydrogens is 312 g/mol. The van der Waals surface area contributed by atoms with Crippen LogP contribution in [0.25, 0.3) is 0 Å². The molecule has 4 heteroatoms. The third-order valence-electron chi connectivity index (χ3n) is 5.24. The molecule has 0 radical (unpaired) electrons. The zero-order chi connectivity index (χ0) is 18.6. The summed E-state index contributed by atoms with van der Waals surface area (Å²) < 4.78 is 0. The molecule has 0 bridgehead atoms. The van der Waals surface area contributed by atoms with E-state index < -0.39 is 5.41 Å². The van der Waals surface area contributed by atoms with Crippen LogP contribution in [0, 0.1) is 26.2 Å². The van der Waals surface area contributed by atoms with Crippen molar-refractivity contribution in [2.24, 2.45) is 5.41 Å². The van der Waals surface area contributed by atoms with E-state index in [9.17, 15) is 9.59 Å². The van der Waals surface area contributed by atoms with Crippen molar-refractivity contribution in [2.45, 2.75) is 79.2 Å². The van der Waals surface area contributed by atoms with Gasteiger partial charge in [0.15, 0.2) is 0 Å². The summed E-state index contributed by atoms with van der Waals surface area (Å²) in [5, 5.41) is 6.08. The van der Waals surface area contributed by atoms with Crippen molar-refractivity contribution >= 4 is 17.5 Å². The molecule has 1 aliphatic carbocycles. The second kappa shape index (κ2) is 8.03. The molecular formula is C21H32N2O2. The van der Waals surface area contributed by atoms with Gasteiger partial charge < -0.3 is 10.6 Å². The second-order valence-electron chi connectivity index (χ2n) is 8.01. The maximum absolute atomic E-state index is 12.8. The van der Waals surface area contributed by atoms with Gasteiger partial charge in [-0.3, -0.25) is 9.59 Å². The molecule has 138 valence electrons. The number of hydrogen-bond donors (Lipinski definition) is 2. The summed E-state index contributed by atoms with van der Waals surface area (Å²) in [5.74, 6) is -0.437. The number of benzene rings is 1. The minimum Gasteiger partial charge on any atom is -0.352 e. The summed E-state index contributed by atoms with van der Waals surface area (Å²) in [7, 11) is 0. The SMILES string of the molecule is Cc1cc(C)c(NC(=O)C(C)(C)C(=O)NC2CCCCCC2)c(C)c1. The highest BCUT2D eigenvalue weighted by Gasteiger charge is 2.37. The monoisotopic (exact) mass is 344 g/mol. The molecule has 1 saturated carbocycles. The summed E-state index contributed by atoms with van der Waals surface area (Å²) in [5.41, 5.74) is 2.91. The fourth-order valence-electron chi connectivity index (χ4n) is 3.54. The lowest BCUT2D eigenvalue weighted by atomic mass is 9.89. The second-order valence-corrected chi connectivity index (χ2v) is 8.01. The number of rotatable bonds is 4. The van der Waals surface area contributed by atoms with Crippen molar-refractivity contribution < 1.29 is 9.59 Å². The van der Waals surface area contributed by atoms with Gasteiger partial charge in [0.25, 0.3) is 0 Å². The highest BCUT2D eigenvalue weighted by Crippen LogP contribution is 2.26. The molecule has 1 fully saturated rings. The Balaban J connectivity index is 2.07. The van der Waals surface area contributed by atoms with Gasteiger partial charge >= 0.3 is 0 Å². The molecule has 25 heavy (non-hydrogen) atoms. The number of carbonyl (C=O) groups excluding carboxylic acids is 2. The number of anilines is 1. The van der Waals surface area contributed by atoms with E-state index >= 15 is 0 Å². The van der Waals surface area contributed by atoms with Crippen LogP contribution in [0.2, 0.25) is 0 Å². The number of hydrogen-bond acceptors (Lipinski definition) is 2. The van der Waals surface area contributed by atoms with Gasteiger partial charge in [-0.2, -0.15) is 0 Å². The Morgan fingerprint density at radius 3 is 1.96 bits per heavy atom. The summed E-state index contributed by atoms with van der Waals surface area (Å²) >= 11 is 0. The van der Waals surface area contributed by atoms with Gasteiger partial charge in [0.2, 0.25) is 11.8 Å². The summed E-state index contributed by atoms with van der Waals surface area (Å²) in [6, 6.07) is 4.28. The van der Waals surface area contributed by atoms with Crippen LogP contribution in [0.15, 0.2) is 12.1 Å². The van der Waals surface area contributed by atoms with Gasteiger partial charge in [-0.25, -0.2) is 0 Å². The van der Waals surface area contributed by atoms with E-state index in [1.54, 1.807) is 13.8 Å². The lowest BCUT2D eigenvalue weighted by Crippen LogP contribution is -2.48. The maximum atomic E-state index is 12.8. The lowest BCUT2D eigenvalue weighted by Gasteiger charge is -2.27. The van der Waals surface area contributed by atoms with Crippen LogP contribution in [0.4, 0.5) is 5.69 Å². The molecule has 0 saturated heterocycles. The Labute approximate surface area is 151 Å². The van der Waals surface area contributed by atoms with Crippen molar-refractivity contribution in [3.05, 3.63) is 28.8 Å². The first-order chi connectivity index (χ1) is 11.7. The molecule has 1 aromatic carbocycles. The maximum Gasteiger partial charge on any atom is 0.239 e. The largest absolute Gasteiger partial charge is 0.352 e. The van der Waals surface area contributed by atoms with Crippen LogP contribution in [-0.2, 0) is 9.59 Å². The summed E-state index contributed by atoms with van der Waals surface area (Å²) in [6.45, 7) is 9.40. The van der Waals surface area contributed by atoms with Crippen molar-refractivity contribution in [3.63, 3.8) is 0 Å². The fourth-order valence-corrected chi connectivity index (χ4v) is 3.54. The van der Waals surface area contributed by atoms with Crippen LogP contribution < -0.4 is 10.6 Å². The molecule has 0 aromatic heterocycles. The molecule has 1 aromatic rings. The lowest BCUT2D eigenvalue weighted by molar-refractivity contribution is -0.138. The number of nitrogens with one attached hydrogen (secondary N) is 2. The highest BCUT2D eigenvalue weighted by atomic mass is 16.2. The highest BCUT2D eigenvalue weighted by molar-refractivity contribution is 6.10. The first-order valence-corrected chi connectivity index (χ1v) is 9.42. The van der Waals surface area contributed by atoms with E-state index in [1.165, 1.54) is 18.4 Å². The zero-order valence-electron chi connectivity index (χ0n) is 16.3. The quantitative estimate of drug-likeness (QED) is 0.627. The van der Waals surface area contributed by atoms with Gasteiger partial charge in [0.05, 0.1) is 0 Å². The normalized spacial score (nSPS) is 16.2. The zero-order valence-corrected chi connectivity index (χ0v) is 16.3. The molecule has 0 unspecified atom stereocenters. The van der Waals surface area contributed by atoms with E-state index in [0.717, 1.165) is 42.5 Å². The standard InChI is InChI=1S/C21H32N2O2/c1-14-12-15(2)18(16(3)13-14)23-20(25)21(4,5)19(24)22-17-10-8-6-7-9-11-17/h12-13,17H,6-11H2,1-5H3,(H,22,24)(H,23,25). The van der Waals surface area contributed by atoms with Gasteiger partial charge in [-0.1, -0.05) is 43.4 Å². The van der Waals surface area contributed by atoms with Crippen molar-refractivity contribution in [2.75, 3.05) is 5.32 Å². The molecule has 2 N–H and O–H groups in total. The van der Waals surface area contributed by atoms with Gasteiger partial charge in [-0.05, 0) is 58.6 Å². The van der Waals surface area contributed by atoms with E-state index in [-0.39, 0.29) is 17.9 Å². The van der Waals surface area contributed by atoms with Crippen LogP contribution in [0.1, 0.15) is 69.1 Å². The van der Waals surface area contributed by atoms with Crippen LogP contribution >= 0.6 is 0 Å². The minimum atomic E-state index is -1.10. The Morgan fingerprint density at radius 1 is 0.920 bits per heavy atom. The summed E-state index contributed by atoms with van der Waals surface area (Å²) in [4.78, 5) is 25.5. The van der Waals surface area contributed by atoms with Crippen molar-refractivity contribution in [1.29, 1.82) is 0 Å². The van der Waals surface area contributed by atoms with Crippen LogP contribution in [0.3, 0.4) is 0 Å². The smallest absolute Gasteiger partial charge is 0.239 e. The average molecular weight is 344 g/mol. The Hall–Kier alpha value is -1.84. The number of carbonyl (C=O) groups is 2. The Bertz CT molecular complexity index is 618. The molecule has 0 spiro atoms. The minimum absolute atomic E-state index is 0.181. The van der Waals surface area contributed by atoms with Crippen LogP contribution in [0.5, 0.6) is 0 Å². The molecule has 2 amide bonds. The van der Waals surface area contributed by atoms with Gasteiger partial charge in [0.1, 0.15) is 5.41 Å². The molecule has 1 aliphatic rings. The van der Waals surface area contributed by atoms with Crippen molar-refractivity contribution in [3.8, 4) is 0 Å². The molecule has 4 nitrogen and oxygen atoms in total. The Kier molecular flexibility index (Phi) is 6.26. The average Bonchev–Trinajstić information content (AvgIpc) is 2.79. The van der Waals surface area contributed by atoms with E-state index in [1.807, 2.05) is 32.9 Å².